The van der Waals surface area contributed by atoms with Gasteiger partial charge in [-0.25, -0.2) is 4.98 Å². The molecule has 0 bridgehead atoms. The molecule has 0 saturated carbocycles. The smallest absolute Gasteiger partial charge is 0.293 e. The average Bonchev–Trinajstić information content (AvgIpc) is 2.44. The van der Waals surface area contributed by atoms with Crippen LogP contribution in [0.15, 0.2) is 41.5 Å². The van der Waals surface area contributed by atoms with Gasteiger partial charge in [0.25, 0.3) is 5.56 Å². The van der Waals surface area contributed by atoms with E-state index in [-0.39, 0.29) is 5.56 Å². The molecule has 0 aliphatic heterocycles. The van der Waals surface area contributed by atoms with Gasteiger partial charge in [0.2, 0.25) is 0 Å². The molecule has 2 rings (SSSR count). The van der Waals surface area contributed by atoms with Crippen molar-refractivity contribution >= 4 is 11.5 Å². The van der Waals surface area contributed by atoms with E-state index in [9.17, 15) is 4.79 Å². The zero-order valence-electron chi connectivity index (χ0n) is 11.9. The maximum absolute atomic E-state index is 12.2. The van der Waals surface area contributed by atoms with Crippen molar-refractivity contribution in [2.75, 3.05) is 17.2 Å². The topological polar surface area (TPSA) is 64.2 Å². The number of hydrogen-bond donors (Lipinski definition) is 1. The lowest BCUT2D eigenvalue weighted by atomic mass is 10.2. The first-order chi connectivity index (χ1) is 9.61. The molecule has 0 spiro atoms. The van der Waals surface area contributed by atoms with E-state index in [4.69, 9.17) is 5.73 Å². The Bertz CT molecular complexity index is 619. The highest BCUT2D eigenvalue weighted by Crippen LogP contribution is 2.12. The molecule has 2 aromatic rings. The van der Waals surface area contributed by atoms with Crippen LogP contribution in [0.2, 0.25) is 0 Å². The summed E-state index contributed by atoms with van der Waals surface area (Å²) in [5, 5.41) is 0. The number of anilines is 2. The van der Waals surface area contributed by atoms with Gasteiger partial charge < -0.3 is 15.2 Å². The first kappa shape index (κ1) is 14.1. The number of hydrogen-bond acceptors (Lipinski definition) is 4. The second kappa shape index (κ2) is 6.23. The second-order valence-corrected chi connectivity index (χ2v) is 4.83. The number of nitrogens with zero attached hydrogens (tertiary/aromatic N) is 3. The first-order valence-corrected chi connectivity index (χ1v) is 6.73. The van der Waals surface area contributed by atoms with E-state index in [1.807, 2.05) is 29.2 Å². The largest absolute Gasteiger partial charge is 0.399 e. The molecule has 1 aromatic carbocycles. The van der Waals surface area contributed by atoms with Crippen molar-refractivity contribution in [2.45, 2.75) is 19.9 Å². The van der Waals surface area contributed by atoms with Gasteiger partial charge in [0, 0.05) is 38.2 Å². The van der Waals surface area contributed by atoms with Crippen LogP contribution in [0.4, 0.5) is 11.5 Å². The molecule has 20 heavy (non-hydrogen) atoms. The number of aryl methyl sites for hydroxylation is 1. The molecular weight excluding hydrogens is 252 g/mol. The third-order valence-electron chi connectivity index (χ3n) is 3.14. The molecule has 0 aliphatic carbocycles. The van der Waals surface area contributed by atoms with Crippen molar-refractivity contribution in [3.8, 4) is 0 Å². The number of nitrogens with two attached hydrogens (primary N) is 1. The van der Waals surface area contributed by atoms with E-state index in [0.29, 0.717) is 12.4 Å². The van der Waals surface area contributed by atoms with Crippen molar-refractivity contribution in [1.29, 1.82) is 0 Å². The molecule has 1 heterocycles. The minimum Gasteiger partial charge on any atom is -0.399 e. The van der Waals surface area contributed by atoms with E-state index < -0.39 is 0 Å². The quantitative estimate of drug-likeness (QED) is 0.843. The average molecular weight is 272 g/mol. The molecule has 2 N–H and O–H groups in total. The van der Waals surface area contributed by atoms with Crippen LogP contribution in [0.1, 0.15) is 18.9 Å². The molecule has 0 radical (unpaired) electrons. The summed E-state index contributed by atoms with van der Waals surface area (Å²) in [6.45, 7) is 3.53. The lowest BCUT2D eigenvalue weighted by molar-refractivity contribution is 0.728. The van der Waals surface area contributed by atoms with Crippen molar-refractivity contribution in [3.63, 3.8) is 0 Å². The van der Waals surface area contributed by atoms with Crippen molar-refractivity contribution in [2.24, 2.45) is 7.05 Å². The molecule has 5 heteroatoms. The maximum Gasteiger partial charge on any atom is 0.293 e. The first-order valence-electron chi connectivity index (χ1n) is 6.73. The van der Waals surface area contributed by atoms with E-state index in [0.717, 1.165) is 24.2 Å². The lowest BCUT2D eigenvalue weighted by Crippen LogP contribution is -2.32. The van der Waals surface area contributed by atoms with Crippen molar-refractivity contribution in [3.05, 3.63) is 52.6 Å². The lowest BCUT2D eigenvalue weighted by Gasteiger charge is -2.22. The van der Waals surface area contributed by atoms with Crippen LogP contribution in [0, 0.1) is 0 Å². The minimum atomic E-state index is -0.0728. The van der Waals surface area contributed by atoms with Gasteiger partial charge in [-0.3, -0.25) is 4.79 Å². The third kappa shape index (κ3) is 3.17. The van der Waals surface area contributed by atoms with Gasteiger partial charge >= 0.3 is 0 Å². The number of rotatable bonds is 5. The Kier molecular flexibility index (Phi) is 4.40. The van der Waals surface area contributed by atoms with Gasteiger partial charge in [-0.1, -0.05) is 19.1 Å². The summed E-state index contributed by atoms with van der Waals surface area (Å²) < 4.78 is 1.55. The van der Waals surface area contributed by atoms with Gasteiger partial charge in [0.15, 0.2) is 5.82 Å². The van der Waals surface area contributed by atoms with Crippen LogP contribution in [0.25, 0.3) is 0 Å². The van der Waals surface area contributed by atoms with Gasteiger partial charge in [0.1, 0.15) is 0 Å². The summed E-state index contributed by atoms with van der Waals surface area (Å²) >= 11 is 0. The molecule has 106 valence electrons. The van der Waals surface area contributed by atoms with Gasteiger partial charge in [0.05, 0.1) is 0 Å². The number of aromatic nitrogens is 2. The van der Waals surface area contributed by atoms with Gasteiger partial charge in [-0.05, 0) is 24.1 Å². The van der Waals surface area contributed by atoms with Crippen LogP contribution in [-0.4, -0.2) is 16.1 Å². The Morgan fingerprint density at radius 3 is 2.65 bits per heavy atom. The summed E-state index contributed by atoms with van der Waals surface area (Å²) in [5.74, 6) is 0.494. The summed E-state index contributed by atoms with van der Waals surface area (Å²) in [7, 11) is 1.74. The van der Waals surface area contributed by atoms with E-state index >= 15 is 0 Å². The van der Waals surface area contributed by atoms with Crippen molar-refractivity contribution < 1.29 is 0 Å². The molecule has 0 amide bonds. The number of benzene rings is 1. The minimum absolute atomic E-state index is 0.0728. The normalized spacial score (nSPS) is 10.5. The fraction of sp³-hybridized carbons (Fsp3) is 0.333. The highest BCUT2D eigenvalue weighted by atomic mass is 16.1. The summed E-state index contributed by atoms with van der Waals surface area (Å²) in [6.07, 6.45) is 4.27. The van der Waals surface area contributed by atoms with Gasteiger partial charge in [-0.2, -0.15) is 0 Å². The summed E-state index contributed by atoms with van der Waals surface area (Å²) in [4.78, 5) is 18.4. The molecule has 0 aliphatic rings. The Balaban J connectivity index is 2.29. The predicted octanol–water partition coefficient (Wildman–Crippen LogP) is 1.78. The fourth-order valence-corrected chi connectivity index (χ4v) is 2.07. The van der Waals surface area contributed by atoms with E-state index in [1.165, 1.54) is 0 Å². The summed E-state index contributed by atoms with van der Waals surface area (Å²) in [6, 6.07) is 7.70. The van der Waals surface area contributed by atoms with Crippen LogP contribution in [-0.2, 0) is 13.6 Å². The standard InChI is InChI=1S/C15H20N4O/c1-3-9-19(11-12-4-6-13(16)7-5-12)14-15(20)18(2)10-8-17-14/h4-8,10H,3,9,11,16H2,1-2H3. The molecule has 0 saturated heterocycles. The van der Waals surface area contributed by atoms with Crippen LogP contribution in [0.3, 0.4) is 0 Å². The molecule has 5 nitrogen and oxygen atoms in total. The molecule has 1 aromatic heterocycles. The zero-order chi connectivity index (χ0) is 14.5. The van der Waals surface area contributed by atoms with Crippen LogP contribution >= 0.6 is 0 Å². The summed E-state index contributed by atoms with van der Waals surface area (Å²) in [5.41, 5.74) is 7.47. The van der Waals surface area contributed by atoms with Crippen LogP contribution in [0.5, 0.6) is 0 Å². The van der Waals surface area contributed by atoms with E-state index in [2.05, 4.69) is 11.9 Å². The number of nitrogen functional groups attached to an aromatic ring is 1. The Morgan fingerprint density at radius 2 is 2.00 bits per heavy atom. The Morgan fingerprint density at radius 1 is 1.30 bits per heavy atom. The van der Waals surface area contributed by atoms with Gasteiger partial charge in [-0.15, -0.1) is 0 Å². The molecule has 0 fully saturated rings. The zero-order valence-corrected chi connectivity index (χ0v) is 11.9. The van der Waals surface area contributed by atoms with E-state index in [1.54, 1.807) is 24.0 Å². The Hall–Kier alpha value is -2.30. The second-order valence-electron chi connectivity index (χ2n) is 4.83. The SMILES string of the molecule is CCCN(Cc1ccc(N)cc1)c1nccn(C)c1=O. The maximum atomic E-state index is 12.2. The predicted molar refractivity (Wildman–Crippen MR) is 81.7 cm³/mol. The molecular formula is C15H20N4O. The van der Waals surface area contributed by atoms with Crippen LogP contribution < -0.4 is 16.2 Å². The Labute approximate surface area is 118 Å². The highest BCUT2D eigenvalue weighted by Gasteiger charge is 2.12. The highest BCUT2D eigenvalue weighted by molar-refractivity contribution is 5.42. The monoisotopic (exact) mass is 272 g/mol. The molecule has 0 atom stereocenters. The third-order valence-corrected chi connectivity index (χ3v) is 3.14. The molecule has 0 unspecified atom stereocenters. The fourth-order valence-electron chi connectivity index (χ4n) is 2.07. The van der Waals surface area contributed by atoms with Crippen molar-refractivity contribution in [1.82, 2.24) is 9.55 Å².